The van der Waals surface area contributed by atoms with Gasteiger partial charge < -0.3 is 9.84 Å². The Hall–Kier alpha value is 0.650. The average Bonchev–Trinajstić information content (AvgIpc) is 1.85. The van der Waals surface area contributed by atoms with Crippen molar-refractivity contribution in [1.82, 2.24) is 0 Å². The molecule has 56 valence electrons. The van der Waals surface area contributed by atoms with Crippen LogP contribution in [0, 0.1) is 0 Å². The van der Waals surface area contributed by atoms with Gasteiger partial charge in [-0.1, -0.05) is 22.6 Å². The number of ether oxygens (including phenoxy) is 1. The number of aliphatic hydroxyl groups is 1. The predicted octanol–water partition coefficient (Wildman–Crippen LogP) is 1.21. The van der Waals surface area contributed by atoms with Gasteiger partial charge in [0.2, 0.25) is 0 Å². The van der Waals surface area contributed by atoms with Crippen LogP contribution in [-0.2, 0) is 4.74 Å². The first-order valence-corrected chi connectivity index (χ1v) is 4.65. The van der Waals surface area contributed by atoms with E-state index < -0.39 is 0 Å². The van der Waals surface area contributed by atoms with Crippen molar-refractivity contribution >= 4 is 22.6 Å². The van der Waals surface area contributed by atoms with E-state index in [-0.39, 0.29) is 6.10 Å². The summed E-state index contributed by atoms with van der Waals surface area (Å²) in [5.41, 5.74) is 0. The summed E-state index contributed by atoms with van der Waals surface area (Å²) in [5.74, 6) is 0. The van der Waals surface area contributed by atoms with Gasteiger partial charge in [0, 0.05) is 11.0 Å². The molecule has 0 amide bonds. The molecular formula is C6H13IO2. The molecule has 0 aromatic carbocycles. The summed E-state index contributed by atoms with van der Waals surface area (Å²) in [6.07, 6.45) is 0.572. The van der Waals surface area contributed by atoms with Gasteiger partial charge in [-0.15, -0.1) is 0 Å². The Balaban J connectivity index is 2.95. The van der Waals surface area contributed by atoms with Crippen LogP contribution in [0.1, 0.15) is 13.3 Å². The van der Waals surface area contributed by atoms with Crippen molar-refractivity contribution in [2.75, 3.05) is 17.6 Å². The van der Waals surface area contributed by atoms with Gasteiger partial charge in [0.1, 0.15) is 0 Å². The zero-order chi connectivity index (χ0) is 7.11. The first-order valence-electron chi connectivity index (χ1n) is 3.13. The number of aliphatic hydroxyl groups excluding tert-OH is 1. The fourth-order valence-electron chi connectivity index (χ4n) is 0.463. The highest BCUT2D eigenvalue weighted by atomic mass is 127. The van der Waals surface area contributed by atoms with Crippen molar-refractivity contribution in [2.45, 2.75) is 19.4 Å². The topological polar surface area (TPSA) is 29.5 Å². The van der Waals surface area contributed by atoms with Gasteiger partial charge in [0.15, 0.2) is 0 Å². The molecule has 0 fully saturated rings. The van der Waals surface area contributed by atoms with Crippen LogP contribution in [-0.4, -0.2) is 28.9 Å². The van der Waals surface area contributed by atoms with Gasteiger partial charge >= 0.3 is 0 Å². The van der Waals surface area contributed by atoms with E-state index in [1.54, 1.807) is 0 Å². The van der Waals surface area contributed by atoms with Crippen molar-refractivity contribution in [2.24, 2.45) is 0 Å². The first kappa shape index (κ1) is 9.65. The second-order valence-electron chi connectivity index (χ2n) is 1.79. The number of halogens is 1. The van der Waals surface area contributed by atoms with Crippen LogP contribution >= 0.6 is 22.6 Å². The van der Waals surface area contributed by atoms with Crippen molar-refractivity contribution in [3.05, 3.63) is 0 Å². The van der Waals surface area contributed by atoms with E-state index in [1.165, 1.54) is 0 Å². The highest BCUT2D eigenvalue weighted by molar-refractivity contribution is 14.1. The van der Waals surface area contributed by atoms with Crippen LogP contribution in [0.15, 0.2) is 0 Å². The number of alkyl halides is 1. The summed E-state index contributed by atoms with van der Waals surface area (Å²) < 4.78 is 5.99. The fourth-order valence-corrected chi connectivity index (χ4v) is 1.18. The molecule has 2 nitrogen and oxygen atoms in total. The highest BCUT2D eigenvalue weighted by Crippen LogP contribution is 1.96. The molecule has 0 rings (SSSR count). The van der Waals surface area contributed by atoms with Gasteiger partial charge in [-0.25, -0.2) is 0 Å². The van der Waals surface area contributed by atoms with Gasteiger partial charge in [0.25, 0.3) is 0 Å². The lowest BCUT2D eigenvalue weighted by molar-refractivity contribution is 0.0418. The smallest absolute Gasteiger partial charge is 0.0781 e. The molecular weight excluding hydrogens is 231 g/mol. The maximum absolute atomic E-state index is 9.05. The standard InChI is InChI=1S/C6H13IO2/c1-2-9-5-6(8)3-4-7/h6,8H,2-5H2,1H3. The summed E-state index contributed by atoms with van der Waals surface area (Å²) in [5, 5.41) is 9.05. The summed E-state index contributed by atoms with van der Waals surface area (Å²) in [6.45, 7) is 3.11. The van der Waals surface area contributed by atoms with Crippen LogP contribution in [0.5, 0.6) is 0 Å². The number of hydrogen-bond donors (Lipinski definition) is 1. The largest absolute Gasteiger partial charge is 0.391 e. The molecule has 0 bridgehead atoms. The van der Waals surface area contributed by atoms with Crippen LogP contribution in [0.4, 0.5) is 0 Å². The van der Waals surface area contributed by atoms with Crippen LogP contribution in [0.2, 0.25) is 0 Å². The Morgan fingerprint density at radius 1 is 1.67 bits per heavy atom. The van der Waals surface area contributed by atoms with E-state index >= 15 is 0 Å². The quantitative estimate of drug-likeness (QED) is 0.581. The monoisotopic (exact) mass is 244 g/mol. The summed E-state index contributed by atoms with van der Waals surface area (Å²) in [7, 11) is 0. The van der Waals surface area contributed by atoms with Gasteiger partial charge in [-0.2, -0.15) is 0 Å². The molecule has 0 aromatic heterocycles. The van der Waals surface area contributed by atoms with Gasteiger partial charge in [-0.05, 0) is 13.3 Å². The second-order valence-corrected chi connectivity index (χ2v) is 2.87. The molecule has 0 aliphatic heterocycles. The SMILES string of the molecule is CCOCC(O)CCI. The Kier molecular flexibility index (Phi) is 7.25. The van der Waals surface area contributed by atoms with Gasteiger partial charge in [0.05, 0.1) is 12.7 Å². The Morgan fingerprint density at radius 2 is 2.33 bits per heavy atom. The first-order chi connectivity index (χ1) is 4.31. The van der Waals surface area contributed by atoms with Crippen molar-refractivity contribution < 1.29 is 9.84 Å². The van der Waals surface area contributed by atoms with E-state index in [9.17, 15) is 0 Å². The second kappa shape index (κ2) is 6.77. The summed E-state index contributed by atoms with van der Waals surface area (Å²) in [4.78, 5) is 0. The number of hydrogen-bond acceptors (Lipinski definition) is 2. The molecule has 1 unspecified atom stereocenters. The number of rotatable bonds is 5. The van der Waals surface area contributed by atoms with E-state index in [1.807, 2.05) is 6.92 Å². The van der Waals surface area contributed by atoms with Crippen molar-refractivity contribution in [3.8, 4) is 0 Å². The lowest BCUT2D eigenvalue weighted by Gasteiger charge is -2.06. The fraction of sp³-hybridized carbons (Fsp3) is 1.00. The van der Waals surface area contributed by atoms with E-state index in [4.69, 9.17) is 9.84 Å². The van der Waals surface area contributed by atoms with Crippen LogP contribution < -0.4 is 0 Å². The minimum Gasteiger partial charge on any atom is -0.391 e. The maximum atomic E-state index is 9.05. The van der Waals surface area contributed by atoms with Gasteiger partial charge in [-0.3, -0.25) is 0 Å². The third-order valence-electron chi connectivity index (χ3n) is 0.957. The molecule has 1 N–H and O–H groups in total. The molecule has 0 aliphatic rings. The molecule has 1 atom stereocenters. The molecule has 3 heteroatoms. The molecule has 0 aliphatic carbocycles. The molecule has 9 heavy (non-hydrogen) atoms. The average molecular weight is 244 g/mol. The van der Waals surface area contributed by atoms with Crippen LogP contribution in [0.3, 0.4) is 0 Å². The van der Waals surface area contributed by atoms with Crippen molar-refractivity contribution in [1.29, 1.82) is 0 Å². The lowest BCUT2D eigenvalue weighted by atomic mass is 10.3. The molecule has 0 spiro atoms. The minimum atomic E-state index is -0.262. The summed E-state index contributed by atoms with van der Waals surface area (Å²) in [6, 6.07) is 0. The molecule has 0 radical (unpaired) electrons. The zero-order valence-corrected chi connectivity index (χ0v) is 7.80. The maximum Gasteiger partial charge on any atom is 0.0781 e. The molecule has 0 saturated carbocycles. The lowest BCUT2D eigenvalue weighted by Crippen LogP contribution is -2.15. The zero-order valence-electron chi connectivity index (χ0n) is 5.64. The molecule has 0 heterocycles. The Bertz CT molecular complexity index is 59.0. The third kappa shape index (κ3) is 6.54. The van der Waals surface area contributed by atoms with E-state index in [2.05, 4.69) is 22.6 Å². The molecule has 0 saturated heterocycles. The highest BCUT2D eigenvalue weighted by Gasteiger charge is 2.00. The van der Waals surface area contributed by atoms with Crippen LogP contribution in [0.25, 0.3) is 0 Å². The van der Waals surface area contributed by atoms with Crippen molar-refractivity contribution in [3.63, 3.8) is 0 Å². The van der Waals surface area contributed by atoms with E-state index in [0.29, 0.717) is 13.2 Å². The normalized spacial score (nSPS) is 13.7. The Labute approximate surface area is 69.7 Å². The summed E-state index contributed by atoms with van der Waals surface area (Å²) >= 11 is 2.24. The minimum absolute atomic E-state index is 0.262. The predicted molar refractivity (Wildman–Crippen MR) is 46.0 cm³/mol. The third-order valence-corrected chi connectivity index (χ3v) is 1.58. The Morgan fingerprint density at radius 3 is 2.78 bits per heavy atom. The van der Waals surface area contributed by atoms with E-state index in [0.717, 1.165) is 10.8 Å². The molecule has 0 aromatic rings.